The highest BCUT2D eigenvalue weighted by molar-refractivity contribution is 5.83. The average Bonchev–Trinajstić information content (AvgIpc) is 2.38. The van der Waals surface area contributed by atoms with Crippen LogP contribution in [0.15, 0.2) is 30.3 Å². The van der Waals surface area contributed by atoms with Gasteiger partial charge in [-0.05, 0) is 31.7 Å². The Balaban J connectivity index is 2.58. The summed E-state index contributed by atoms with van der Waals surface area (Å²) in [6, 6.07) is 9.97. The van der Waals surface area contributed by atoms with Gasteiger partial charge in [0.1, 0.15) is 0 Å². The van der Waals surface area contributed by atoms with Crippen LogP contribution in [0.25, 0.3) is 0 Å². The smallest absolute Gasteiger partial charge is 0.227 e. The average molecular weight is 249 g/mol. The van der Waals surface area contributed by atoms with E-state index in [2.05, 4.69) is 5.32 Å². The Labute approximate surface area is 109 Å². The molecule has 100 valence electrons. The molecule has 0 saturated heterocycles. The Bertz CT molecular complexity index is 351. The van der Waals surface area contributed by atoms with Gasteiger partial charge >= 0.3 is 0 Å². The number of rotatable bonds is 7. The molecule has 1 rings (SSSR count). The van der Waals surface area contributed by atoms with Crippen molar-refractivity contribution in [2.75, 3.05) is 6.61 Å². The number of carbonyl (C=O) groups excluding carboxylic acids is 1. The highest BCUT2D eigenvalue weighted by Gasteiger charge is 2.19. The predicted molar refractivity (Wildman–Crippen MR) is 73.4 cm³/mol. The largest absolute Gasteiger partial charge is 0.396 e. The summed E-state index contributed by atoms with van der Waals surface area (Å²) in [4.78, 5) is 12.2. The lowest BCUT2D eigenvalue weighted by Gasteiger charge is -2.19. The summed E-state index contributed by atoms with van der Waals surface area (Å²) >= 11 is 0. The summed E-state index contributed by atoms with van der Waals surface area (Å²) < 4.78 is 0. The first-order valence-corrected chi connectivity index (χ1v) is 6.65. The number of nitrogens with one attached hydrogen (secondary N) is 1. The molecule has 2 unspecified atom stereocenters. The van der Waals surface area contributed by atoms with E-state index in [9.17, 15) is 4.79 Å². The molecule has 0 heterocycles. The van der Waals surface area contributed by atoms with Crippen LogP contribution in [0.4, 0.5) is 0 Å². The molecular weight excluding hydrogens is 226 g/mol. The van der Waals surface area contributed by atoms with E-state index in [4.69, 9.17) is 5.11 Å². The van der Waals surface area contributed by atoms with Crippen molar-refractivity contribution in [2.45, 2.75) is 45.1 Å². The lowest BCUT2D eigenvalue weighted by molar-refractivity contribution is -0.123. The maximum Gasteiger partial charge on any atom is 0.227 e. The van der Waals surface area contributed by atoms with E-state index in [0.29, 0.717) is 0 Å². The van der Waals surface area contributed by atoms with E-state index >= 15 is 0 Å². The summed E-state index contributed by atoms with van der Waals surface area (Å²) in [6.07, 6.45) is 2.33. The van der Waals surface area contributed by atoms with Gasteiger partial charge in [0, 0.05) is 12.6 Å². The van der Waals surface area contributed by atoms with Crippen molar-refractivity contribution in [3.8, 4) is 0 Å². The van der Waals surface area contributed by atoms with E-state index < -0.39 is 0 Å². The third-order valence-corrected chi connectivity index (χ3v) is 3.11. The van der Waals surface area contributed by atoms with E-state index in [1.807, 2.05) is 44.2 Å². The third kappa shape index (κ3) is 4.49. The zero-order valence-electron chi connectivity index (χ0n) is 11.2. The minimum absolute atomic E-state index is 0.0779. The lowest BCUT2D eigenvalue weighted by atomic mass is 9.95. The molecule has 0 fully saturated rings. The summed E-state index contributed by atoms with van der Waals surface area (Å²) in [6.45, 7) is 4.18. The summed E-state index contributed by atoms with van der Waals surface area (Å²) in [5.74, 6) is -0.00286. The molecule has 0 spiro atoms. The molecular formula is C15H23NO2. The summed E-state index contributed by atoms with van der Waals surface area (Å²) in [5.41, 5.74) is 1.06. The van der Waals surface area contributed by atoms with E-state index in [1.54, 1.807) is 0 Å². The number of aliphatic hydroxyl groups is 1. The first-order valence-electron chi connectivity index (χ1n) is 6.65. The molecule has 0 aliphatic heterocycles. The van der Waals surface area contributed by atoms with Gasteiger partial charge in [0.2, 0.25) is 5.91 Å². The zero-order valence-corrected chi connectivity index (χ0v) is 11.2. The molecule has 2 N–H and O–H groups in total. The summed E-state index contributed by atoms with van der Waals surface area (Å²) in [5, 5.41) is 11.8. The minimum Gasteiger partial charge on any atom is -0.396 e. The number of benzene rings is 1. The molecule has 0 aliphatic rings. The van der Waals surface area contributed by atoms with Crippen LogP contribution in [0.1, 0.15) is 44.6 Å². The number of carbonyl (C=O) groups is 1. The van der Waals surface area contributed by atoms with E-state index in [1.165, 1.54) is 0 Å². The number of amides is 1. The fraction of sp³-hybridized carbons (Fsp3) is 0.533. The second-order valence-electron chi connectivity index (χ2n) is 4.65. The van der Waals surface area contributed by atoms with Gasteiger partial charge in [0.25, 0.3) is 0 Å². The summed E-state index contributed by atoms with van der Waals surface area (Å²) in [7, 11) is 0. The number of aliphatic hydroxyl groups excluding tert-OH is 1. The van der Waals surface area contributed by atoms with Crippen LogP contribution in [0, 0.1) is 0 Å². The molecule has 3 nitrogen and oxygen atoms in total. The zero-order chi connectivity index (χ0) is 13.4. The van der Waals surface area contributed by atoms with Crippen molar-refractivity contribution < 1.29 is 9.90 Å². The second-order valence-corrected chi connectivity index (χ2v) is 4.65. The SMILES string of the molecule is CCC(C(=O)NC(C)CCCO)c1ccccc1. The van der Waals surface area contributed by atoms with Crippen LogP contribution >= 0.6 is 0 Å². The maximum atomic E-state index is 12.2. The molecule has 0 bridgehead atoms. The molecule has 0 saturated carbocycles. The normalized spacial score (nSPS) is 13.9. The van der Waals surface area contributed by atoms with Gasteiger partial charge in [-0.2, -0.15) is 0 Å². The number of hydrogen-bond donors (Lipinski definition) is 2. The van der Waals surface area contributed by atoms with Crippen molar-refractivity contribution in [3.05, 3.63) is 35.9 Å². The van der Waals surface area contributed by atoms with Gasteiger partial charge < -0.3 is 10.4 Å². The Hall–Kier alpha value is -1.35. The van der Waals surface area contributed by atoms with Gasteiger partial charge in [0.15, 0.2) is 0 Å². The van der Waals surface area contributed by atoms with Crippen molar-refractivity contribution in [3.63, 3.8) is 0 Å². The van der Waals surface area contributed by atoms with E-state index in [-0.39, 0.29) is 24.5 Å². The number of hydrogen-bond acceptors (Lipinski definition) is 2. The van der Waals surface area contributed by atoms with Gasteiger partial charge in [0.05, 0.1) is 5.92 Å². The van der Waals surface area contributed by atoms with Gasteiger partial charge in [-0.3, -0.25) is 4.79 Å². The van der Waals surface area contributed by atoms with Crippen LogP contribution in [-0.4, -0.2) is 23.7 Å². The minimum atomic E-state index is -0.0808. The van der Waals surface area contributed by atoms with E-state index in [0.717, 1.165) is 24.8 Å². The quantitative estimate of drug-likeness (QED) is 0.780. The molecule has 0 aliphatic carbocycles. The van der Waals surface area contributed by atoms with Crippen molar-refractivity contribution in [1.29, 1.82) is 0 Å². The molecule has 1 aromatic carbocycles. The highest BCUT2D eigenvalue weighted by atomic mass is 16.2. The van der Waals surface area contributed by atoms with Crippen molar-refractivity contribution >= 4 is 5.91 Å². The molecule has 0 radical (unpaired) electrons. The molecule has 3 heteroatoms. The third-order valence-electron chi connectivity index (χ3n) is 3.11. The fourth-order valence-corrected chi connectivity index (χ4v) is 2.07. The monoisotopic (exact) mass is 249 g/mol. The molecule has 18 heavy (non-hydrogen) atoms. The van der Waals surface area contributed by atoms with Crippen LogP contribution in [-0.2, 0) is 4.79 Å². The van der Waals surface area contributed by atoms with Crippen molar-refractivity contribution in [1.82, 2.24) is 5.32 Å². The predicted octanol–water partition coefficient (Wildman–Crippen LogP) is 2.46. The molecule has 1 amide bonds. The first kappa shape index (κ1) is 14.7. The topological polar surface area (TPSA) is 49.3 Å². The Morgan fingerprint density at radius 2 is 2.00 bits per heavy atom. The standard InChI is InChI=1S/C15H23NO2/c1-3-14(13-9-5-4-6-10-13)15(18)16-12(2)8-7-11-17/h4-6,9-10,12,14,17H,3,7-8,11H2,1-2H3,(H,16,18). The Kier molecular flexibility index (Phi) is 6.44. The maximum absolute atomic E-state index is 12.2. The van der Waals surface area contributed by atoms with Crippen LogP contribution in [0.5, 0.6) is 0 Å². The lowest BCUT2D eigenvalue weighted by Crippen LogP contribution is -2.36. The van der Waals surface area contributed by atoms with Gasteiger partial charge in [-0.25, -0.2) is 0 Å². The molecule has 1 aromatic rings. The Morgan fingerprint density at radius 3 is 2.56 bits per heavy atom. The van der Waals surface area contributed by atoms with Gasteiger partial charge in [-0.15, -0.1) is 0 Å². The van der Waals surface area contributed by atoms with Gasteiger partial charge in [-0.1, -0.05) is 37.3 Å². The van der Waals surface area contributed by atoms with Crippen LogP contribution in [0.3, 0.4) is 0 Å². The highest BCUT2D eigenvalue weighted by Crippen LogP contribution is 2.19. The second kappa shape index (κ2) is 7.88. The molecule has 0 aromatic heterocycles. The van der Waals surface area contributed by atoms with Crippen LogP contribution in [0.2, 0.25) is 0 Å². The van der Waals surface area contributed by atoms with Crippen molar-refractivity contribution in [2.24, 2.45) is 0 Å². The Morgan fingerprint density at radius 1 is 1.33 bits per heavy atom. The first-order chi connectivity index (χ1) is 8.69. The van der Waals surface area contributed by atoms with Crippen LogP contribution < -0.4 is 5.32 Å². The molecule has 2 atom stereocenters. The fourth-order valence-electron chi connectivity index (χ4n) is 2.07.